The van der Waals surface area contributed by atoms with E-state index in [1.807, 2.05) is 0 Å². The number of ether oxygens (including phenoxy) is 2. The predicted octanol–water partition coefficient (Wildman–Crippen LogP) is 2.12. The number of rotatable bonds is 4. The zero-order valence-corrected chi connectivity index (χ0v) is 12.1. The lowest BCUT2D eigenvalue weighted by Gasteiger charge is -2.26. The Hall–Kier alpha value is -0.980. The first-order valence-corrected chi connectivity index (χ1v) is 6.72. The molecular weight excluding hydrogens is 317 g/mol. The number of hydrogen-bond acceptors (Lipinski definition) is 3. The molecule has 1 heterocycles. The first-order chi connectivity index (χ1) is 9.08. The standard InChI is InChI=1S/C13H15BrFNO3/c1-18-13(5-6-19-8-13)7-16-12(17)11-9(14)3-2-4-10(11)15/h2-4H,5-8H2,1H3,(H,16,17). The summed E-state index contributed by atoms with van der Waals surface area (Å²) in [7, 11) is 1.58. The van der Waals surface area contributed by atoms with Crippen molar-refractivity contribution in [2.75, 3.05) is 26.9 Å². The zero-order chi connectivity index (χ0) is 13.9. The van der Waals surface area contributed by atoms with E-state index < -0.39 is 17.3 Å². The summed E-state index contributed by atoms with van der Waals surface area (Å²) < 4.78 is 24.7. The van der Waals surface area contributed by atoms with Gasteiger partial charge in [0.25, 0.3) is 5.91 Å². The fourth-order valence-electron chi connectivity index (χ4n) is 2.01. The molecule has 1 aromatic carbocycles. The molecular formula is C13H15BrFNO3. The van der Waals surface area contributed by atoms with E-state index in [0.717, 1.165) is 0 Å². The van der Waals surface area contributed by atoms with E-state index in [1.165, 1.54) is 12.1 Å². The van der Waals surface area contributed by atoms with E-state index in [4.69, 9.17) is 9.47 Å². The van der Waals surface area contributed by atoms with E-state index >= 15 is 0 Å². The first kappa shape index (κ1) is 14.4. The van der Waals surface area contributed by atoms with E-state index in [2.05, 4.69) is 21.2 Å². The molecule has 1 atom stereocenters. The first-order valence-electron chi connectivity index (χ1n) is 5.93. The molecule has 1 N–H and O–H groups in total. The molecule has 1 amide bonds. The minimum absolute atomic E-state index is 0.00710. The summed E-state index contributed by atoms with van der Waals surface area (Å²) in [6, 6.07) is 4.42. The van der Waals surface area contributed by atoms with E-state index in [-0.39, 0.29) is 5.56 Å². The molecule has 2 rings (SSSR count). The highest BCUT2D eigenvalue weighted by atomic mass is 79.9. The van der Waals surface area contributed by atoms with E-state index in [1.54, 1.807) is 13.2 Å². The van der Waals surface area contributed by atoms with Gasteiger partial charge >= 0.3 is 0 Å². The smallest absolute Gasteiger partial charge is 0.255 e. The summed E-state index contributed by atoms with van der Waals surface area (Å²) in [6.07, 6.45) is 0.711. The van der Waals surface area contributed by atoms with Crippen molar-refractivity contribution in [1.82, 2.24) is 5.32 Å². The van der Waals surface area contributed by atoms with Crippen molar-refractivity contribution < 1.29 is 18.7 Å². The van der Waals surface area contributed by atoms with Crippen LogP contribution >= 0.6 is 15.9 Å². The van der Waals surface area contributed by atoms with Gasteiger partial charge in [0.1, 0.15) is 11.4 Å². The molecule has 1 aliphatic heterocycles. The second kappa shape index (κ2) is 5.98. The fourth-order valence-corrected chi connectivity index (χ4v) is 2.53. The summed E-state index contributed by atoms with van der Waals surface area (Å²) in [6.45, 7) is 1.33. The number of amides is 1. The van der Waals surface area contributed by atoms with Gasteiger partial charge in [-0.1, -0.05) is 6.07 Å². The van der Waals surface area contributed by atoms with Gasteiger partial charge in [-0.2, -0.15) is 0 Å². The van der Waals surface area contributed by atoms with Crippen LogP contribution in [0.25, 0.3) is 0 Å². The van der Waals surface area contributed by atoms with Crippen molar-refractivity contribution in [2.24, 2.45) is 0 Å². The van der Waals surface area contributed by atoms with E-state index in [9.17, 15) is 9.18 Å². The van der Waals surface area contributed by atoms with Gasteiger partial charge in [0.2, 0.25) is 0 Å². The van der Waals surface area contributed by atoms with Crippen LogP contribution in [0.5, 0.6) is 0 Å². The summed E-state index contributed by atoms with van der Waals surface area (Å²) in [5.74, 6) is -1.02. The molecule has 4 nitrogen and oxygen atoms in total. The molecule has 0 radical (unpaired) electrons. The maximum atomic E-state index is 13.6. The van der Waals surface area contributed by atoms with E-state index in [0.29, 0.717) is 30.7 Å². The van der Waals surface area contributed by atoms with Gasteiger partial charge in [0.15, 0.2) is 0 Å². The molecule has 1 aliphatic rings. The SMILES string of the molecule is COC1(CNC(=O)c2c(F)cccc2Br)CCOC1. The van der Waals surface area contributed by atoms with Gasteiger partial charge in [0.05, 0.1) is 12.2 Å². The molecule has 19 heavy (non-hydrogen) atoms. The van der Waals surface area contributed by atoms with Crippen LogP contribution in [0.3, 0.4) is 0 Å². The number of nitrogens with one attached hydrogen (secondary N) is 1. The Balaban J connectivity index is 2.05. The van der Waals surface area contributed by atoms with Crippen molar-refractivity contribution in [2.45, 2.75) is 12.0 Å². The van der Waals surface area contributed by atoms with Gasteiger partial charge in [-0.25, -0.2) is 4.39 Å². The van der Waals surface area contributed by atoms with Crippen molar-refractivity contribution >= 4 is 21.8 Å². The van der Waals surface area contributed by atoms with Gasteiger partial charge < -0.3 is 14.8 Å². The summed E-state index contributed by atoms with van der Waals surface area (Å²) in [5.41, 5.74) is -0.499. The highest BCUT2D eigenvalue weighted by Gasteiger charge is 2.35. The number of carbonyl (C=O) groups is 1. The van der Waals surface area contributed by atoms with Crippen molar-refractivity contribution in [1.29, 1.82) is 0 Å². The summed E-state index contributed by atoms with van der Waals surface area (Å²) in [5, 5.41) is 2.70. The fraction of sp³-hybridized carbons (Fsp3) is 0.462. The number of benzene rings is 1. The van der Waals surface area contributed by atoms with Crippen LogP contribution in [0, 0.1) is 5.82 Å². The average molecular weight is 332 g/mol. The molecule has 6 heteroatoms. The Kier molecular flexibility index (Phi) is 4.54. The Labute approximate surface area is 119 Å². The second-order valence-corrected chi connectivity index (χ2v) is 5.32. The van der Waals surface area contributed by atoms with Crippen LogP contribution < -0.4 is 5.32 Å². The molecule has 0 aliphatic carbocycles. The van der Waals surface area contributed by atoms with Crippen molar-refractivity contribution in [3.8, 4) is 0 Å². The monoisotopic (exact) mass is 331 g/mol. The quantitative estimate of drug-likeness (QED) is 0.919. The number of halogens is 2. The number of carbonyl (C=O) groups excluding carboxylic acids is 1. The van der Waals surface area contributed by atoms with Crippen LogP contribution in [0.15, 0.2) is 22.7 Å². The molecule has 0 spiro atoms. The van der Waals surface area contributed by atoms with Crippen LogP contribution in [-0.2, 0) is 9.47 Å². The lowest BCUT2D eigenvalue weighted by atomic mass is 10.0. The number of methoxy groups -OCH3 is 1. The Morgan fingerprint density at radius 2 is 2.42 bits per heavy atom. The van der Waals surface area contributed by atoms with Crippen LogP contribution in [0.4, 0.5) is 4.39 Å². The molecule has 104 valence electrons. The Bertz CT molecular complexity index is 455. The molecule has 0 aromatic heterocycles. The summed E-state index contributed by atoms with van der Waals surface area (Å²) in [4.78, 5) is 12.0. The zero-order valence-electron chi connectivity index (χ0n) is 10.5. The molecule has 1 unspecified atom stereocenters. The lowest BCUT2D eigenvalue weighted by molar-refractivity contribution is -0.0149. The minimum Gasteiger partial charge on any atom is -0.378 e. The molecule has 1 saturated heterocycles. The second-order valence-electron chi connectivity index (χ2n) is 4.47. The summed E-state index contributed by atoms with van der Waals surface area (Å²) >= 11 is 3.17. The van der Waals surface area contributed by atoms with Gasteiger partial charge in [-0.05, 0) is 28.1 Å². The van der Waals surface area contributed by atoms with Crippen LogP contribution in [0.2, 0.25) is 0 Å². The van der Waals surface area contributed by atoms with Gasteiger partial charge in [-0.15, -0.1) is 0 Å². The lowest BCUT2D eigenvalue weighted by Crippen LogP contribution is -2.45. The maximum absolute atomic E-state index is 13.6. The highest BCUT2D eigenvalue weighted by Crippen LogP contribution is 2.23. The molecule has 0 saturated carbocycles. The normalized spacial score (nSPS) is 22.5. The molecule has 0 bridgehead atoms. The third-order valence-electron chi connectivity index (χ3n) is 3.26. The largest absolute Gasteiger partial charge is 0.378 e. The third kappa shape index (κ3) is 3.13. The predicted molar refractivity (Wildman–Crippen MR) is 71.6 cm³/mol. The maximum Gasteiger partial charge on any atom is 0.255 e. The third-order valence-corrected chi connectivity index (χ3v) is 3.92. The average Bonchev–Trinajstić information content (AvgIpc) is 2.86. The number of hydrogen-bond donors (Lipinski definition) is 1. The van der Waals surface area contributed by atoms with Gasteiger partial charge in [-0.3, -0.25) is 4.79 Å². The Morgan fingerprint density at radius 1 is 1.63 bits per heavy atom. The Morgan fingerprint density at radius 3 is 3.00 bits per heavy atom. The molecule has 1 fully saturated rings. The van der Waals surface area contributed by atoms with Gasteiger partial charge in [0, 0.05) is 31.2 Å². The molecule has 1 aromatic rings. The van der Waals surface area contributed by atoms with Crippen LogP contribution in [-0.4, -0.2) is 38.4 Å². The minimum atomic E-state index is -0.555. The van der Waals surface area contributed by atoms with Crippen molar-refractivity contribution in [3.05, 3.63) is 34.1 Å². The van der Waals surface area contributed by atoms with Crippen molar-refractivity contribution in [3.63, 3.8) is 0 Å². The highest BCUT2D eigenvalue weighted by molar-refractivity contribution is 9.10. The topological polar surface area (TPSA) is 47.6 Å². The van der Waals surface area contributed by atoms with Crippen LogP contribution in [0.1, 0.15) is 16.8 Å².